The van der Waals surface area contributed by atoms with Crippen LogP contribution in [-0.2, 0) is 21.1 Å². The molecule has 0 atom stereocenters. The number of hydrogen-bond donors (Lipinski definition) is 0. The first-order valence-corrected chi connectivity index (χ1v) is 11.9. The van der Waals surface area contributed by atoms with Gasteiger partial charge in [-0.3, -0.25) is 9.69 Å². The van der Waals surface area contributed by atoms with Gasteiger partial charge in [-0.05, 0) is 42.2 Å². The number of benzene rings is 2. The molecule has 148 valence electrons. The fraction of sp³-hybridized carbons (Fsp3) is 0.333. The minimum atomic E-state index is -3.50. The Morgan fingerprint density at radius 1 is 1.11 bits per heavy atom. The van der Waals surface area contributed by atoms with E-state index in [4.69, 9.17) is 0 Å². The lowest BCUT2D eigenvalue weighted by molar-refractivity contribution is -0.115. The summed E-state index contributed by atoms with van der Waals surface area (Å²) in [5.74, 6) is -1.06. The van der Waals surface area contributed by atoms with Crippen molar-refractivity contribution in [3.8, 4) is 0 Å². The van der Waals surface area contributed by atoms with Crippen LogP contribution in [0.1, 0.15) is 26.3 Å². The first-order valence-electron chi connectivity index (χ1n) is 9.27. The third kappa shape index (κ3) is 4.77. The first-order chi connectivity index (χ1) is 13.3. The second kappa shape index (κ2) is 8.41. The van der Waals surface area contributed by atoms with Gasteiger partial charge in [0.2, 0.25) is 5.91 Å². The Kier molecular flexibility index (Phi) is 6.15. The lowest BCUT2D eigenvalue weighted by Crippen LogP contribution is -2.33. The number of carbonyl (C=O) groups is 1. The molecule has 3 rings (SSSR count). The standard InChI is InChI=1S/C21H24N2O3S2/c1-4-16-9-11-17(12-10-16)23(20(24)14-28(25,26)13-15(2)3)21-22-18-7-5-6-8-19(18)27-21/h5-12,15H,4,13-14H2,1-3H3. The molecule has 0 bridgehead atoms. The molecular formula is C21H24N2O3S2. The van der Waals surface area contributed by atoms with Crippen LogP contribution in [0.15, 0.2) is 48.5 Å². The number of anilines is 2. The van der Waals surface area contributed by atoms with Gasteiger partial charge < -0.3 is 0 Å². The average molecular weight is 417 g/mol. The van der Waals surface area contributed by atoms with E-state index in [1.165, 1.54) is 16.2 Å². The molecule has 0 aliphatic carbocycles. The first kappa shape index (κ1) is 20.5. The molecule has 5 nitrogen and oxygen atoms in total. The number of nitrogens with zero attached hydrogens (tertiary/aromatic N) is 2. The SMILES string of the molecule is CCc1ccc(N(C(=O)CS(=O)(=O)CC(C)C)c2nc3ccccc3s2)cc1. The fourth-order valence-corrected chi connectivity index (χ4v) is 5.66. The predicted molar refractivity (Wildman–Crippen MR) is 116 cm³/mol. The monoisotopic (exact) mass is 416 g/mol. The molecule has 7 heteroatoms. The minimum Gasteiger partial charge on any atom is -0.273 e. The molecule has 0 saturated carbocycles. The summed E-state index contributed by atoms with van der Waals surface area (Å²) in [6.07, 6.45) is 0.887. The molecule has 1 amide bonds. The summed E-state index contributed by atoms with van der Waals surface area (Å²) >= 11 is 1.38. The zero-order valence-corrected chi connectivity index (χ0v) is 17.9. The van der Waals surface area contributed by atoms with Crippen LogP contribution in [0.5, 0.6) is 0 Å². The maximum atomic E-state index is 13.1. The van der Waals surface area contributed by atoms with Crippen LogP contribution in [0.4, 0.5) is 10.8 Å². The van der Waals surface area contributed by atoms with Crippen LogP contribution in [0.2, 0.25) is 0 Å². The summed E-state index contributed by atoms with van der Waals surface area (Å²) in [6, 6.07) is 15.2. The second-order valence-electron chi connectivity index (χ2n) is 7.16. The zero-order valence-electron chi connectivity index (χ0n) is 16.3. The lowest BCUT2D eigenvalue weighted by Gasteiger charge is -2.20. The molecule has 0 fully saturated rings. The average Bonchev–Trinajstić information content (AvgIpc) is 3.04. The molecule has 1 heterocycles. The summed E-state index contributed by atoms with van der Waals surface area (Å²) in [7, 11) is -3.50. The summed E-state index contributed by atoms with van der Waals surface area (Å²) in [5.41, 5.74) is 2.56. The number of sulfone groups is 1. The number of carbonyl (C=O) groups excluding carboxylic acids is 1. The molecule has 0 aliphatic rings. The number of rotatable bonds is 7. The maximum absolute atomic E-state index is 13.1. The topological polar surface area (TPSA) is 67.3 Å². The number of amides is 1. The highest BCUT2D eigenvalue weighted by Gasteiger charge is 2.27. The van der Waals surface area contributed by atoms with Gasteiger partial charge in [-0.2, -0.15) is 0 Å². The number of aryl methyl sites for hydroxylation is 1. The van der Waals surface area contributed by atoms with Gasteiger partial charge in [-0.1, -0.05) is 56.4 Å². The Balaban J connectivity index is 2.01. The zero-order chi connectivity index (χ0) is 20.3. The Morgan fingerprint density at radius 2 is 1.79 bits per heavy atom. The highest BCUT2D eigenvalue weighted by molar-refractivity contribution is 7.92. The molecule has 3 aromatic rings. The van der Waals surface area contributed by atoms with E-state index in [0.717, 1.165) is 22.2 Å². The number of thiazole rings is 1. The molecule has 0 unspecified atom stereocenters. The van der Waals surface area contributed by atoms with Crippen LogP contribution in [0.3, 0.4) is 0 Å². The third-order valence-electron chi connectivity index (χ3n) is 4.26. The van der Waals surface area contributed by atoms with Crippen LogP contribution in [0.25, 0.3) is 10.2 Å². The van der Waals surface area contributed by atoms with Crippen molar-refractivity contribution in [3.63, 3.8) is 0 Å². The van der Waals surface area contributed by atoms with Gasteiger partial charge in [-0.25, -0.2) is 13.4 Å². The Morgan fingerprint density at radius 3 is 2.39 bits per heavy atom. The van der Waals surface area contributed by atoms with Crippen molar-refractivity contribution in [1.82, 2.24) is 4.98 Å². The van der Waals surface area contributed by atoms with Crippen molar-refractivity contribution < 1.29 is 13.2 Å². The summed E-state index contributed by atoms with van der Waals surface area (Å²) in [5, 5.41) is 0.482. The van der Waals surface area contributed by atoms with E-state index in [-0.39, 0.29) is 11.7 Å². The molecule has 0 saturated heterocycles. The van der Waals surface area contributed by atoms with E-state index in [2.05, 4.69) is 11.9 Å². The van der Waals surface area contributed by atoms with Crippen molar-refractivity contribution in [1.29, 1.82) is 0 Å². The van der Waals surface area contributed by atoms with Gasteiger partial charge in [0.05, 0.1) is 21.7 Å². The number of aromatic nitrogens is 1. The van der Waals surface area contributed by atoms with Gasteiger partial charge in [0.15, 0.2) is 15.0 Å². The Bertz CT molecular complexity index is 1040. The van der Waals surface area contributed by atoms with Crippen LogP contribution < -0.4 is 4.90 Å². The van der Waals surface area contributed by atoms with E-state index < -0.39 is 21.5 Å². The van der Waals surface area contributed by atoms with Crippen LogP contribution in [0, 0.1) is 5.92 Å². The second-order valence-corrected chi connectivity index (χ2v) is 10.3. The van der Waals surface area contributed by atoms with E-state index in [1.807, 2.05) is 62.4 Å². The number of para-hydroxylation sites is 1. The van der Waals surface area contributed by atoms with E-state index in [0.29, 0.717) is 10.8 Å². The highest BCUT2D eigenvalue weighted by atomic mass is 32.2. The van der Waals surface area contributed by atoms with Crippen molar-refractivity contribution in [2.75, 3.05) is 16.4 Å². The van der Waals surface area contributed by atoms with E-state index in [9.17, 15) is 13.2 Å². The van der Waals surface area contributed by atoms with Crippen molar-refractivity contribution in [2.24, 2.45) is 5.92 Å². The largest absolute Gasteiger partial charge is 0.273 e. The highest BCUT2D eigenvalue weighted by Crippen LogP contribution is 2.34. The number of fused-ring (bicyclic) bond motifs is 1. The summed E-state index contributed by atoms with van der Waals surface area (Å²) < 4.78 is 25.8. The summed E-state index contributed by atoms with van der Waals surface area (Å²) in [6.45, 7) is 5.72. The molecule has 0 spiro atoms. The van der Waals surface area contributed by atoms with Gasteiger partial charge in [0, 0.05) is 0 Å². The predicted octanol–water partition coefficient (Wildman–Crippen LogP) is 4.59. The van der Waals surface area contributed by atoms with Gasteiger partial charge in [0.25, 0.3) is 0 Å². The molecule has 28 heavy (non-hydrogen) atoms. The Labute approximate surface area is 169 Å². The molecule has 0 N–H and O–H groups in total. The number of hydrogen-bond acceptors (Lipinski definition) is 5. The minimum absolute atomic E-state index is 0.0127. The molecule has 0 radical (unpaired) electrons. The van der Waals surface area contributed by atoms with E-state index in [1.54, 1.807) is 0 Å². The molecular weight excluding hydrogens is 392 g/mol. The van der Waals surface area contributed by atoms with E-state index >= 15 is 0 Å². The van der Waals surface area contributed by atoms with Crippen molar-refractivity contribution >= 4 is 48.1 Å². The quantitative estimate of drug-likeness (QED) is 0.565. The van der Waals surface area contributed by atoms with Crippen molar-refractivity contribution in [2.45, 2.75) is 27.2 Å². The van der Waals surface area contributed by atoms with Crippen LogP contribution in [-0.4, -0.2) is 30.8 Å². The van der Waals surface area contributed by atoms with Gasteiger partial charge >= 0.3 is 0 Å². The maximum Gasteiger partial charge on any atom is 0.248 e. The normalized spacial score (nSPS) is 11.9. The van der Waals surface area contributed by atoms with Gasteiger partial charge in [-0.15, -0.1) is 0 Å². The third-order valence-corrected chi connectivity index (χ3v) is 7.14. The molecule has 0 aliphatic heterocycles. The Hall–Kier alpha value is -2.25. The fourth-order valence-electron chi connectivity index (χ4n) is 3.02. The molecule has 2 aromatic carbocycles. The van der Waals surface area contributed by atoms with Crippen LogP contribution >= 0.6 is 11.3 Å². The van der Waals surface area contributed by atoms with Gasteiger partial charge in [0.1, 0.15) is 5.75 Å². The smallest absolute Gasteiger partial charge is 0.248 e. The molecule has 1 aromatic heterocycles. The van der Waals surface area contributed by atoms with Crippen molar-refractivity contribution in [3.05, 3.63) is 54.1 Å². The summed E-state index contributed by atoms with van der Waals surface area (Å²) in [4.78, 5) is 19.1. The lowest BCUT2D eigenvalue weighted by atomic mass is 10.1.